The van der Waals surface area contributed by atoms with Gasteiger partial charge in [0, 0.05) is 33.0 Å². The molecule has 0 unspecified atom stereocenters. The van der Waals surface area contributed by atoms with Gasteiger partial charge in [-0.3, -0.25) is 0 Å². The highest BCUT2D eigenvalue weighted by atomic mass is 16.3. The van der Waals surface area contributed by atoms with E-state index < -0.39 is 0 Å². The molecule has 0 amide bonds. The number of benzene rings is 4. The fourth-order valence-electron chi connectivity index (χ4n) is 6.26. The quantitative estimate of drug-likeness (QED) is 0.192. The van der Waals surface area contributed by atoms with E-state index in [0.717, 1.165) is 73.7 Å². The Hall–Kier alpha value is -6.13. The molecule has 0 aliphatic heterocycles. The predicted molar refractivity (Wildman–Crippen MR) is 198 cm³/mol. The van der Waals surface area contributed by atoms with Gasteiger partial charge in [-0.15, -0.1) is 0 Å². The van der Waals surface area contributed by atoms with Crippen molar-refractivity contribution < 1.29 is 4.42 Å². The summed E-state index contributed by atoms with van der Waals surface area (Å²) in [6.45, 7) is 2.10. The maximum absolute atomic E-state index is 6.64. The lowest BCUT2D eigenvalue weighted by molar-refractivity contribution is 0.670. The van der Waals surface area contributed by atoms with Crippen molar-refractivity contribution in [3.8, 4) is 45.0 Å². The van der Waals surface area contributed by atoms with Gasteiger partial charge in [0.05, 0.1) is 0 Å². The molecule has 0 saturated heterocycles. The lowest BCUT2D eigenvalue weighted by Crippen LogP contribution is -2.03. The molecule has 0 N–H and O–H groups in total. The number of hydrogen-bond acceptors (Lipinski definition) is 4. The molecule has 48 heavy (non-hydrogen) atoms. The van der Waals surface area contributed by atoms with Crippen molar-refractivity contribution in [3.05, 3.63) is 169 Å². The Labute approximate surface area is 280 Å². The first-order chi connectivity index (χ1) is 23.7. The van der Waals surface area contributed by atoms with Crippen LogP contribution in [0.15, 0.2) is 162 Å². The van der Waals surface area contributed by atoms with Crippen LogP contribution in [0.1, 0.15) is 24.2 Å². The molecule has 230 valence electrons. The summed E-state index contributed by atoms with van der Waals surface area (Å²) in [7, 11) is 0. The van der Waals surface area contributed by atoms with E-state index in [-0.39, 0.29) is 0 Å². The fraction of sp³-hybridized carbons (Fsp3) is 0.0682. The first-order valence-electron chi connectivity index (χ1n) is 16.4. The highest BCUT2D eigenvalue weighted by molar-refractivity contribution is 6.15. The number of nitrogens with zero attached hydrogens (tertiary/aromatic N) is 3. The number of rotatable bonds is 5. The smallest absolute Gasteiger partial charge is 0.164 e. The summed E-state index contributed by atoms with van der Waals surface area (Å²) in [5.41, 5.74) is 10.2. The lowest BCUT2D eigenvalue weighted by atomic mass is 9.98. The highest BCUT2D eigenvalue weighted by Crippen LogP contribution is 2.40. The van der Waals surface area contributed by atoms with E-state index in [0.29, 0.717) is 17.5 Å². The van der Waals surface area contributed by atoms with Crippen LogP contribution in [0.4, 0.5) is 0 Å². The Bertz CT molecular complexity index is 2400. The molecule has 2 heterocycles. The van der Waals surface area contributed by atoms with Crippen molar-refractivity contribution in [2.45, 2.75) is 19.8 Å². The lowest BCUT2D eigenvalue weighted by Gasteiger charge is -2.11. The predicted octanol–water partition coefficient (Wildman–Crippen LogP) is 11.6. The van der Waals surface area contributed by atoms with Crippen molar-refractivity contribution in [2.75, 3.05) is 0 Å². The first kappa shape index (κ1) is 29.3. The number of aromatic nitrogens is 3. The van der Waals surface area contributed by atoms with E-state index >= 15 is 0 Å². The molecule has 0 fully saturated rings. The zero-order valence-electron chi connectivity index (χ0n) is 26.7. The second-order valence-corrected chi connectivity index (χ2v) is 12.0. The van der Waals surface area contributed by atoms with Gasteiger partial charge in [-0.1, -0.05) is 157 Å². The van der Waals surface area contributed by atoms with Crippen LogP contribution in [0.25, 0.3) is 72.5 Å². The third kappa shape index (κ3) is 5.80. The van der Waals surface area contributed by atoms with Crippen LogP contribution < -0.4 is 0 Å². The van der Waals surface area contributed by atoms with Gasteiger partial charge < -0.3 is 4.42 Å². The molecule has 4 nitrogen and oxygen atoms in total. The molecule has 7 aromatic rings. The summed E-state index contributed by atoms with van der Waals surface area (Å²) in [6, 6.07) is 48.1. The molecule has 0 atom stereocenters. The van der Waals surface area contributed by atoms with Crippen LogP contribution >= 0.6 is 0 Å². The summed E-state index contributed by atoms with van der Waals surface area (Å²) in [5.74, 6) is 1.96. The fourth-order valence-corrected chi connectivity index (χ4v) is 6.26. The zero-order chi connectivity index (χ0) is 32.3. The van der Waals surface area contributed by atoms with Crippen LogP contribution in [-0.2, 0) is 0 Å². The molecule has 4 heteroatoms. The first-order valence-corrected chi connectivity index (χ1v) is 16.4. The van der Waals surface area contributed by atoms with Gasteiger partial charge in [-0.25, -0.2) is 15.0 Å². The van der Waals surface area contributed by atoms with E-state index in [4.69, 9.17) is 19.4 Å². The van der Waals surface area contributed by atoms with Crippen LogP contribution in [-0.4, -0.2) is 15.0 Å². The molecule has 2 aromatic heterocycles. The van der Waals surface area contributed by atoms with Crippen molar-refractivity contribution in [2.24, 2.45) is 0 Å². The van der Waals surface area contributed by atoms with Gasteiger partial charge in [-0.05, 0) is 42.5 Å². The monoisotopic (exact) mass is 619 g/mol. The zero-order valence-corrected chi connectivity index (χ0v) is 26.7. The minimum Gasteiger partial charge on any atom is -0.455 e. The van der Waals surface area contributed by atoms with Gasteiger partial charge >= 0.3 is 0 Å². The third-order valence-corrected chi connectivity index (χ3v) is 8.71. The standard InChI is InChI=1S/C44H33N3O/c1-30-14-5-2-6-16-31(21-11-15-30)32-26-28-33(29-27-32)36-22-12-23-37-40-38(24-13-25-39(40)48-41(36)37)44-46-42(34-17-7-3-8-18-34)45-43(47-44)35-19-9-4-10-20-35/h2-3,5-9,11-29H,4,10H2,1H3. The van der Waals surface area contributed by atoms with E-state index in [1.54, 1.807) is 0 Å². The molecular formula is C44H33N3O. The van der Waals surface area contributed by atoms with Gasteiger partial charge in [-0.2, -0.15) is 0 Å². The summed E-state index contributed by atoms with van der Waals surface area (Å²) in [5, 5.41) is 2.02. The minimum absolute atomic E-state index is 0.628. The van der Waals surface area contributed by atoms with Gasteiger partial charge in [0.2, 0.25) is 0 Å². The number of allylic oxidation sites excluding steroid dienone is 4. The molecular weight excluding hydrogens is 587 g/mol. The van der Waals surface area contributed by atoms with Gasteiger partial charge in [0.25, 0.3) is 0 Å². The average Bonchev–Trinajstić information content (AvgIpc) is 3.54. The van der Waals surface area contributed by atoms with Crippen LogP contribution in [0.2, 0.25) is 0 Å². The van der Waals surface area contributed by atoms with Crippen molar-refractivity contribution >= 4 is 27.5 Å². The molecule has 0 spiro atoms. The van der Waals surface area contributed by atoms with E-state index in [1.165, 1.54) is 5.56 Å². The Balaban J connectivity index is 1.25. The summed E-state index contributed by atoms with van der Waals surface area (Å²) in [6.07, 6.45) is 8.50. The molecule has 8 rings (SSSR count). The Morgan fingerprint density at radius 3 is 1.94 bits per heavy atom. The molecule has 1 aliphatic rings. The maximum Gasteiger partial charge on any atom is 0.164 e. The van der Waals surface area contributed by atoms with Gasteiger partial charge in [0.1, 0.15) is 11.2 Å². The SMILES string of the molecule is Cc1cccccc(-c2ccc(-c3cccc4c3oc3cccc(-c5nc(C6=CCCC=C6)nc(-c6ccccc6)n5)c34)cc2)ccc1. The molecule has 0 bridgehead atoms. The Morgan fingerprint density at radius 2 is 1.12 bits per heavy atom. The molecule has 0 radical (unpaired) electrons. The van der Waals surface area contributed by atoms with E-state index in [9.17, 15) is 0 Å². The number of furan rings is 1. The summed E-state index contributed by atoms with van der Waals surface area (Å²) >= 11 is 0. The van der Waals surface area contributed by atoms with Crippen molar-refractivity contribution in [3.63, 3.8) is 0 Å². The van der Waals surface area contributed by atoms with E-state index in [2.05, 4.69) is 122 Å². The average molecular weight is 620 g/mol. The topological polar surface area (TPSA) is 51.8 Å². The summed E-state index contributed by atoms with van der Waals surface area (Å²) < 4.78 is 6.64. The molecule has 0 saturated carbocycles. The number of para-hydroxylation sites is 1. The van der Waals surface area contributed by atoms with Crippen LogP contribution in [0.3, 0.4) is 0 Å². The largest absolute Gasteiger partial charge is 0.455 e. The number of fused-ring (bicyclic) bond motifs is 3. The van der Waals surface area contributed by atoms with Crippen LogP contribution in [0.5, 0.6) is 0 Å². The normalized spacial score (nSPS) is 12.6. The summed E-state index contributed by atoms with van der Waals surface area (Å²) in [4.78, 5) is 15.0. The maximum atomic E-state index is 6.64. The van der Waals surface area contributed by atoms with Crippen molar-refractivity contribution in [1.29, 1.82) is 0 Å². The Kier molecular flexibility index (Phi) is 7.89. The van der Waals surface area contributed by atoms with Crippen LogP contribution in [0, 0.1) is 6.92 Å². The third-order valence-electron chi connectivity index (χ3n) is 8.71. The molecule has 1 aliphatic carbocycles. The number of hydrogen-bond donors (Lipinski definition) is 0. The highest BCUT2D eigenvalue weighted by Gasteiger charge is 2.19. The second kappa shape index (κ2) is 12.9. The molecule has 5 aromatic carbocycles. The Morgan fingerprint density at radius 1 is 0.500 bits per heavy atom. The minimum atomic E-state index is 0.628. The second-order valence-electron chi connectivity index (χ2n) is 12.0. The van der Waals surface area contributed by atoms with Crippen molar-refractivity contribution in [1.82, 2.24) is 15.0 Å². The number of aryl methyl sites for hydroxylation is 1. The van der Waals surface area contributed by atoms with E-state index in [1.807, 2.05) is 42.5 Å². The van der Waals surface area contributed by atoms with Gasteiger partial charge in [0.15, 0.2) is 17.5 Å².